The van der Waals surface area contributed by atoms with Gasteiger partial charge in [-0.1, -0.05) is 31.9 Å². The molecule has 7 atom stereocenters. The second-order valence-corrected chi connectivity index (χ2v) is 12.2. The van der Waals surface area contributed by atoms with Crippen molar-refractivity contribution in [1.82, 2.24) is 0 Å². The highest BCUT2D eigenvalue weighted by Gasteiger charge is 2.55. The third kappa shape index (κ3) is 3.41. The molecule has 0 spiro atoms. The lowest BCUT2D eigenvalue weighted by Gasteiger charge is -2.56. The molecule has 4 aliphatic carbocycles. The molecule has 28 heavy (non-hydrogen) atoms. The Morgan fingerprint density at radius 2 is 1.82 bits per heavy atom. The maximum Gasteiger partial charge on any atom is 0.0591 e. The summed E-state index contributed by atoms with van der Waals surface area (Å²) in [5.74, 6) is 3.00. The first-order valence-electron chi connectivity index (χ1n) is 12.2. The van der Waals surface area contributed by atoms with Crippen molar-refractivity contribution >= 4 is 0 Å². The van der Waals surface area contributed by atoms with E-state index in [4.69, 9.17) is 0 Å². The Balaban J connectivity index is 1.57. The molecule has 2 N–H and O–H groups in total. The summed E-state index contributed by atoms with van der Waals surface area (Å²) in [4.78, 5) is 0. The van der Waals surface area contributed by atoms with E-state index in [1.807, 2.05) is 25.0 Å². The minimum Gasteiger partial charge on any atom is -0.393 e. The van der Waals surface area contributed by atoms with Crippen LogP contribution in [0.4, 0.5) is 0 Å². The van der Waals surface area contributed by atoms with E-state index in [-0.39, 0.29) is 6.10 Å². The second kappa shape index (κ2) is 7.12. The Bertz CT molecular complexity index is 629. The number of aliphatic hydroxyl groups excluding tert-OH is 1. The van der Waals surface area contributed by atoms with Crippen molar-refractivity contribution in [2.24, 2.45) is 34.5 Å². The molecular formula is C26H44O2. The van der Waals surface area contributed by atoms with Gasteiger partial charge < -0.3 is 10.2 Å². The summed E-state index contributed by atoms with van der Waals surface area (Å²) in [7, 11) is 0. The topological polar surface area (TPSA) is 40.5 Å². The van der Waals surface area contributed by atoms with E-state index in [1.54, 1.807) is 0 Å². The summed E-state index contributed by atoms with van der Waals surface area (Å²) >= 11 is 0. The fourth-order valence-electron chi connectivity index (χ4n) is 8.20. The predicted octanol–water partition coefficient (Wildman–Crippen LogP) is 6.26. The van der Waals surface area contributed by atoms with Crippen molar-refractivity contribution in [1.29, 1.82) is 0 Å². The van der Waals surface area contributed by atoms with Gasteiger partial charge in [0.1, 0.15) is 0 Å². The molecule has 0 amide bonds. The fourth-order valence-corrected chi connectivity index (χ4v) is 8.20. The van der Waals surface area contributed by atoms with E-state index in [0.717, 1.165) is 43.4 Å². The molecule has 0 aromatic rings. The third-order valence-electron chi connectivity index (χ3n) is 9.94. The van der Waals surface area contributed by atoms with Gasteiger partial charge in [0, 0.05) is 0 Å². The number of hydrogen-bond acceptors (Lipinski definition) is 2. The molecule has 0 unspecified atom stereocenters. The predicted molar refractivity (Wildman–Crippen MR) is 116 cm³/mol. The molecular weight excluding hydrogens is 344 g/mol. The molecule has 2 heteroatoms. The van der Waals surface area contributed by atoms with Crippen molar-refractivity contribution in [3.63, 3.8) is 0 Å². The Morgan fingerprint density at radius 3 is 2.54 bits per heavy atom. The van der Waals surface area contributed by atoms with Crippen LogP contribution in [-0.2, 0) is 0 Å². The van der Waals surface area contributed by atoms with E-state index >= 15 is 0 Å². The molecule has 3 fully saturated rings. The van der Waals surface area contributed by atoms with E-state index in [1.165, 1.54) is 44.9 Å². The van der Waals surface area contributed by atoms with Crippen molar-refractivity contribution in [3.05, 3.63) is 11.1 Å². The van der Waals surface area contributed by atoms with Gasteiger partial charge in [0.05, 0.1) is 11.7 Å². The quantitative estimate of drug-likeness (QED) is 0.558. The summed E-state index contributed by atoms with van der Waals surface area (Å²) in [6.07, 6.45) is 13.3. The lowest BCUT2D eigenvalue weighted by atomic mass is 9.49. The molecule has 0 aliphatic heterocycles. The first-order valence-corrected chi connectivity index (χ1v) is 12.2. The molecule has 2 nitrogen and oxygen atoms in total. The van der Waals surface area contributed by atoms with Gasteiger partial charge in [0.15, 0.2) is 0 Å². The molecule has 160 valence electrons. The highest BCUT2D eigenvalue weighted by atomic mass is 16.3. The van der Waals surface area contributed by atoms with Crippen molar-refractivity contribution < 1.29 is 10.2 Å². The van der Waals surface area contributed by atoms with Gasteiger partial charge in [-0.15, -0.1) is 0 Å². The van der Waals surface area contributed by atoms with Gasteiger partial charge in [-0.3, -0.25) is 0 Å². The largest absolute Gasteiger partial charge is 0.393 e. The maximum atomic E-state index is 10.2. The summed E-state index contributed by atoms with van der Waals surface area (Å²) in [5.41, 5.74) is 4.02. The van der Waals surface area contributed by atoms with Crippen LogP contribution in [0.25, 0.3) is 0 Å². The van der Waals surface area contributed by atoms with Gasteiger partial charge in [0.25, 0.3) is 0 Å². The molecule has 0 aromatic carbocycles. The van der Waals surface area contributed by atoms with Gasteiger partial charge in [0.2, 0.25) is 0 Å². The van der Waals surface area contributed by atoms with Gasteiger partial charge in [-0.25, -0.2) is 0 Å². The van der Waals surface area contributed by atoms with E-state index < -0.39 is 5.60 Å². The van der Waals surface area contributed by atoms with Gasteiger partial charge >= 0.3 is 0 Å². The Morgan fingerprint density at radius 1 is 1.07 bits per heavy atom. The normalized spacial score (nSPS) is 44.7. The van der Waals surface area contributed by atoms with Crippen LogP contribution < -0.4 is 0 Å². The van der Waals surface area contributed by atoms with E-state index in [2.05, 4.69) is 20.8 Å². The van der Waals surface area contributed by atoms with Crippen molar-refractivity contribution in [3.8, 4) is 0 Å². The fraction of sp³-hybridized carbons (Fsp3) is 0.923. The van der Waals surface area contributed by atoms with Crippen LogP contribution in [0.1, 0.15) is 105 Å². The number of fused-ring (bicyclic) bond motifs is 4. The maximum absolute atomic E-state index is 10.2. The number of allylic oxidation sites excluding steroid dienone is 2. The molecule has 3 saturated carbocycles. The van der Waals surface area contributed by atoms with Crippen molar-refractivity contribution in [2.45, 2.75) is 117 Å². The van der Waals surface area contributed by atoms with Crippen LogP contribution in [-0.4, -0.2) is 21.9 Å². The van der Waals surface area contributed by atoms with Crippen molar-refractivity contribution in [2.75, 3.05) is 0 Å². The van der Waals surface area contributed by atoms with Gasteiger partial charge in [-0.05, 0) is 119 Å². The lowest BCUT2D eigenvalue weighted by Crippen LogP contribution is -2.48. The van der Waals surface area contributed by atoms with Crippen LogP contribution >= 0.6 is 0 Å². The zero-order chi connectivity index (χ0) is 20.3. The van der Waals surface area contributed by atoms with Crippen LogP contribution in [0, 0.1) is 34.5 Å². The first-order chi connectivity index (χ1) is 13.0. The first kappa shape index (κ1) is 20.9. The molecule has 0 aromatic heterocycles. The zero-order valence-electron chi connectivity index (χ0n) is 19.1. The van der Waals surface area contributed by atoms with Crippen LogP contribution in [0.5, 0.6) is 0 Å². The second-order valence-electron chi connectivity index (χ2n) is 12.2. The molecule has 0 bridgehead atoms. The number of hydrogen-bond donors (Lipinski definition) is 2. The van der Waals surface area contributed by atoms with Crippen LogP contribution in [0.3, 0.4) is 0 Å². The van der Waals surface area contributed by atoms with E-state index in [9.17, 15) is 10.2 Å². The molecule has 0 radical (unpaired) electrons. The van der Waals surface area contributed by atoms with Crippen LogP contribution in [0.15, 0.2) is 11.1 Å². The molecule has 0 heterocycles. The summed E-state index contributed by atoms with van der Waals surface area (Å²) < 4.78 is 0. The summed E-state index contributed by atoms with van der Waals surface area (Å²) in [6.45, 7) is 11.5. The summed E-state index contributed by atoms with van der Waals surface area (Å²) in [5, 5.41) is 20.4. The van der Waals surface area contributed by atoms with Gasteiger partial charge in [-0.2, -0.15) is 0 Å². The lowest BCUT2D eigenvalue weighted by molar-refractivity contribution is -0.0383. The number of aliphatic hydroxyl groups is 2. The number of rotatable bonds is 4. The Kier molecular flexibility index (Phi) is 5.32. The molecule has 4 rings (SSSR count). The zero-order valence-corrected chi connectivity index (χ0v) is 19.1. The third-order valence-corrected chi connectivity index (χ3v) is 9.94. The minimum absolute atomic E-state index is 0.0476. The SMILES string of the molecule is C[C@H](CCC(C)(C)O)[C@H]1CCC2=C3CC[C@@H]4C[C@H](O)CC[C@]4(C)[C@H]3CC[C@@]21C. The minimum atomic E-state index is -0.536. The average molecular weight is 389 g/mol. The highest BCUT2D eigenvalue weighted by molar-refractivity contribution is 5.34. The van der Waals surface area contributed by atoms with E-state index in [0.29, 0.717) is 16.7 Å². The molecule has 4 aliphatic rings. The Hall–Kier alpha value is -0.340. The standard InChI is InChI=1S/C26H44O2/c1-17(10-13-24(2,3)28)21-8-9-22-20-7-6-18-16-19(27)11-14-25(18,4)23(20)12-15-26(21,22)5/h17-19,21,23,27-28H,6-16H2,1-5H3/t17-,18-,19-,21-,23+,25+,26-/m1/s1. The average Bonchev–Trinajstić information content (AvgIpc) is 2.97. The smallest absolute Gasteiger partial charge is 0.0591 e. The van der Waals surface area contributed by atoms with Crippen LogP contribution in [0.2, 0.25) is 0 Å². The highest BCUT2D eigenvalue weighted by Crippen LogP contribution is 2.65. The Labute approximate surface area is 173 Å². The summed E-state index contributed by atoms with van der Waals surface area (Å²) in [6, 6.07) is 0. The molecule has 0 saturated heterocycles. The monoisotopic (exact) mass is 388 g/mol.